The third-order valence-electron chi connectivity index (χ3n) is 4.33. The Hall–Kier alpha value is -3.76. The first-order valence-corrected chi connectivity index (χ1v) is 12.6. The van der Waals surface area contributed by atoms with E-state index in [-0.39, 0.29) is 10.5 Å². The van der Waals surface area contributed by atoms with Gasteiger partial charge >= 0.3 is 0 Å². The van der Waals surface area contributed by atoms with Gasteiger partial charge in [0.2, 0.25) is 0 Å². The Kier molecular flexibility index (Phi) is 9.96. The molecule has 0 aliphatic carbocycles. The van der Waals surface area contributed by atoms with Gasteiger partial charge in [-0.2, -0.15) is 0 Å². The van der Waals surface area contributed by atoms with Crippen molar-refractivity contribution in [2.75, 3.05) is 10.6 Å². The predicted octanol–water partition coefficient (Wildman–Crippen LogP) is 6.84. The SMILES string of the molecule is Cc1cc(C)nc(SC(=O)Nc2ccccc2)n1.Cc1cc(C)nc(SC(=O)Nc2ccccc2)n1. The molecule has 0 aliphatic rings. The Bertz CT molecular complexity index is 1180. The van der Waals surface area contributed by atoms with Crippen molar-refractivity contribution in [3.8, 4) is 0 Å². The minimum absolute atomic E-state index is 0.189. The monoisotopic (exact) mass is 518 g/mol. The summed E-state index contributed by atoms with van der Waals surface area (Å²) in [6.45, 7) is 7.53. The van der Waals surface area contributed by atoms with Gasteiger partial charge < -0.3 is 10.6 Å². The van der Waals surface area contributed by atoms with Crippen LogP contribution in [0.15, 0.2) is 83.1 Å². The molecule has 4 rings (SSSR count). The molecule has 4 aromatic rings. The second-order valence-electron chi connectivity index (χ2n) is 7.63. The number of carbonyl (C=O) groups is 2. The van der Waals surface area contributed by atoms with Gasteiger partial charge in [-0.05, 0) is 64.1 Å². The van der Waals surface area contributed by atoms with E-state index >= 15 is 0 Å². The van der Waals surface area contributed by atoms with Gasteiger partial charge in [-0.1, -0.05) is 36.4 Å². The largest absolute Gasteiger partial charge is 0.316 e. The number of rotatable bonds is 4. The molecule has 2 amide bonds. The summed E-state index contributed by atoms with van der Waals surface area (Å²) in [4.78, 5) is 40.4. The zero-order valence-corrected chi connectivity index (χ0v) is 22.0. The van der Waals surface area contributed by atoms with Crippen molar-refractivity contribution in [3.63, 3.8) is 0 Å². The molecular weight excluding hydrogens is 492 g/mol. The summed E-state index contributed by atoms with van der Waals surface area (Å²) in [5.74, 6) is 0. The van der Waals surface area contributed by atoms with E-state index in [2.05, 4.69) is 30.6 Å². The molecule has 0 radical (unpaired) electrons. The number of benzene rings is 2. The first-order chi connectivity index (χ1) is 17.3. The summed E-state index contributed by atoms with van der Waals surface area (Å²) >= 11 is 1.99. The lowest BCUT2D eigenvalue weighted by atomic mass is 10.3. The number of aromatic nitrogens is 4. The Labute approximate surface area is 218 Å². The molecular formula is C26H26N6O2S2. The molecule has 36 heavy (non-hydrogen) atoms. The molecule has 0 fully saturated rings. The molecule has 0 spiro atoms. The van der Waals surface area contributed by atoms with Crippen LogP contribution in [0.2, 0.25) is 0 Å². The highest BCUT2D eigenvalue weighted by Crippen LogP contribution is 2.19. The lowest BCUT2D eigenvalue weighted by molar-refractivity contribution is 0.269. The Morgan fingerprint density at radius 3 is 1.17 bits per heavy atom. The van der Waals surface area contributed by atoms with Crippen LogP contribution >= 0.6 is 23.5 Å². The van der Waals surface area contributed by atoms with Crippen molar-refractivity contribution in [3.05, 3.63) is 95.6 Å². The van der Waals surface area contributed by atoms with Crippen LogP contribution in [-0.2, 0) is 0 Å². The van der Waals surface area contributed by atoms with Gasteiger partial charge in [-0.3, -0.25) is 9.59 Å². The average Bonchev–Trinajstić information content (AvgIpc) is 2.79. The molecule has 10 heteroatoms. The van der Waals surface area contributed by atoms with Crippen LogP contribution in [0.5, 0.6) is 0 Å². The van der Waals surface area contributed by atoms with E-state index in [0.29, 0.717) is 10.3 Å². The quantitative estimate of drug-likeness (QED) is 0.223. The predicted molar refractivity (Wildman–Crippen MR) is 146 cm³/mol. The van der Waals surface area contributed by atoms with Crippen molar-refractivity contribution in [2.24, 2.45) is 0 Å². The Morgan fingerprint density at radius 1 is 0.556 bits per heavy atom. The molecule has 0 saturated heterocycles. The Morgan fingerprint density at radius 2 is 0.861 bits per heavy atom. The fourth-order valence-electron chi connectivity index (χ4n) is 2.97. The minimum Gasteiger partial charge on any atom is -0.316 e. The highest BCUT2D eigenvalue weighted by molar-refractivity contribution is 8.14. The summed E-state index contributed by atoms with van der Waals surface area (Å²) < 4.78 is 0. The van der Waals surface area contributed by atoms with Crippen LogP contribution in [0.1, 0.15) is 22.8 Å². The number of aryl methyl sites for hydroxylation is 4. The summed E-state index contributed by atoms with van der Waals surface area (Å²) in [5, 5.41) is 6.12. The molecule has 0 saturated carbocycles. The van der Waals surface area contributed by atoms with Gasteiger partial charge in [0.15, 0.2) is 10.3 Å². The second kappa shape index (κ2) is 13.4. The van der Waals surface area contributed by atoms with E-state index in [1.807, 2.05) is 100 Å². The number of amides is 2. The molecule has 2 N–H and O–H groups in total. The normalized spacial score (nSPS) is 10.1. The molecule has 0 unspecified atom stereocenters. The third-order valence-corrected chi connectivity index (χ3v) is 5.64. The first-order valence-electron chi connectivity index (χ1n) is 11.0. The van der Waals surface area contributed by atoms with Crippen molar-refractivity contribution < 1.29 is 9.59 Å². The zero-order valence-electron chi connectivity index (χ0n) is 20.4. The van der Waals surface area contributed by atoms with Crippen LogP contribution in [0.3, 0.4) is 0 Å². The van der Waals surface area contributed by atoms with E-state index in [9.17, 15) is 9.59 Å². The number of hydrogen-bond donors (Lipinski definition) is 2. The molecule has 2 aromatic heterocycles. The highest BCUT2D eigenvalue weighted by atomic mass is 32.2. The van der Waals surface area contributed by atoms with Gasteiger partial charge in [0.1, 0.15) is 0 Å². The summed E-state index contributed by atoms with van der Waals surface area (Å²) in [7, 11) is 0. The van der Waals surface area contributed by atoms with E-state index in [4.69, 9.17) is 0 Å². The lowest BCUT2D eigenvalue weighted by Gasteiger charge is -2.04. The maximum Gasteiger partial charge on any atom is 0.291 e. The maximum absolute atomic E-state index is 11.8. The van der Waals surface area contributed by atoms with Gasteiger partial charge in [0, 0.05) is 57.7 Å². The smallest absolute Gasteiger partial charge is 0.291 e. The molecule has 8 nitrogen and oxygen atoms in total. The van der Waals surface area contributed by atoms with Crippen molar-refractivity contribution in [1.29, 1.82) is 0 Å². The van der Waals surface area contributed by atoms with Gasteiger partial charge in [0.05, 0.1) is 0 Å². The summed E-state index contributed by atoms with van der Waals surface area (Å²) in [6, 6.07) is 22.4. The summed E-state index contributed by atoms with van der Waals surface area (Å²) in [5.41, 5.74) is 4.96. The third kappa shape index (κ3) is 9.47. The van der Waals surface area contributed by atoms with Crippen molar-refractivity contribution in [2.45, 2.75) is 38.0 Å². The van der Waals surface area contributed by atoms with E-state index < -0.39 is 0 Å². The second-order valence-corrected chi connectivity index (χ2v) is 9.51. The van der Waals surface area contributed by atoms with Crippen LogP contribution in [-0.4, -0.2) is 30.4 Å². The summed E-state index contributed by atoms with van der Waals surface area (Å²) in [6.07, 6.45) is 0. The van der Waals surface area contributed by atoms with Gasteiger partial charge in [0.25, 0.3) is 10.5 Å². The number of anilines is 2. The van der Waals surface area contributed by atoms with Crippen molar-refractivity contribution >= 4 is 45.4 Å². The first kappa shape index (κ1) is 26.8. The molecule has 2 heterocycles. The van der Waals surface area contributed by atoms with E-state index in [0.717, 1.165) is 57.7 Å². The average molecular weight is 519 g/mol. The molecule has 0 atom stereocenters. The van der Waals surface area contributed by atoms with Crippen molar-refractivity contribution in [1.82, 2.24) is 19.9 Å². The van der Waals surface area contributed by atoms with Gasteiger partial charge in [-0.25, -0.2) is 19.9 Å². The highest BCUT2D eigenvalue weighted by Gasteiger charge is 2.09. The number of carbonyl (C=O) groups excluding carboxylic acids is 2. The lowest BCUT2D eigenvalue weighted by Crippen LogP contribution is -2.06. The molecule has 0 aliphatic heterocycles. The van der Waals surface area contributed by atoms with Crippen LogP contribution in [0, 0.1) is 27.7 Å². The zero-order chi connectivity index (χ0) is 25.9. The number of nitrogens with zero attached hydrogens (tertiary/aromatic N) is 4. The van der Waals surface area contributed by atoms with Crippen LogP contribution in [0.4, 0.5) is 21.0 Å². The number of nitrogens with one attached hydrogen (secondary N) is 2. The topological polar surface area (TPSA) is 110 Å². The van der Waals surface area contributed by atoms with Gasteiger partial charge in [-0.15, -0.1) is 0 Å². The molecule has 0 bridgehead atoms. The van der Waals surface area contributed by atoms with E-state index in [1.54, 1.807) is 0 Å². The molecule has 184 valence electrons. The Balaban J connectivity index is 0.000000201. The fraction of sp³-hybridized carbons (Fsp3) is 0.154. The molecule has 2 aromatic carbocycles. The van der Waals surface area contributed by atoms with Crippen LogP contribution < -0.4 is 10.6 Å². The standard InChI is InChI=1S/2C13H13N3OS/c2*1-9-8-10(2)15-12(14-9)18-13(17)16-11-6-4-3-5-7-11/h2*3-8H,1-2H3,(H,16,17). The fourth-order valence-corrected chi connectivity index (χ4v) is 4.40. The van der Waals surface area contributed by atoms with Crippen LogP contribution in [0.25, 0.3) is 0 Å². The minimum atomic E-state index is -0.189. The number of para-hydroxylation sites is 2. The number of hydrogen-bond acceptors (Lipinski definition) is 8. The maximum atomic E-state index is 11.8. The number of thioether (sulfide) groups is 2. The van der Waals surface area contributed by atoms with E-state index in [1.165, 1.54) is 0 Å².